The predicted molar refractivity (Wildman–Crippen MR) is 47.5 cm³/mol. The van der Waals surface area contributed by atoms with Crippen molar-refractivity contribution in [1.29, 1.82) is 0 Å². The van der Waals surface area contributed by atoms with E-state index in [9.17, 15) is 15.0 Å². The maximum atomic E-state index is 11.8. The molecule has 1 amide bonds. The molecule has 2 fully saturated rings. The van der Waals surface area contributed by atoms with Crippen LogP contribution in [0.2, 0.25) is 0 Å². The van der Waals surface area contributed by atoms with E-state index in [1.807, 2.05) is 0 Å². The molecule has 0 radical (unpaired) electrons. The Morgan fingerprint density at radius 1 is 1.29 bits per heavy atom. The normalized spacial score (nSPS) is 37.9. The zero-order valence-corrected chi connectivity index (χ0v) is 7.93. The first-order chi connectivity index (χ1) is 6.68. The van der Waals surface area contributed by atoms with E-state index in [-0.39, 0.29) is 24.9 Å². The molecule has 0 aliphatic carbocycles. The number of likely N-dealkylation sites (tertiary alicyclic amines) is 1. The number of β-amino-alcohol motifs (C(OH)–C–C–N with tert-alkyl or cyclic N) is 2. The number of carbonyl (C=O) groups is 1. The van der Waals surface area contributed by atoms with E-state index in [0.717, 1.165) is 6.42 Å². The van der Waals surface area contributed by atoms with Gasteiger partial charge in [-0.05, 0) is 6.42 Å². The molecule has 2 aliphatic rings. The van der Waals surface area contributed by atoms with E-state index in [2.05, 4.69) is 0 Å². The summed E-state index contributed by atoms with van der Waals surface area (Å²) in [5, 5.41) is 18.6. The van der Waals surface area contributed by atoms with Crippen LogP contribution in [0.4, 0.5) is 0 Å². The number of aliphatic hydroxyl groups is 2. The van der Waals surface area contributed by atoms with E-state index < -0.39 is 12.2 Å². The molecular formula is C9H15NO4. The van der Waals surface area contributed by atoms with Crippen LogP contribution in [0, 0.1) is 5.92 Å². The van der Waals surface area contributed by atoms with Gasteiger partial charge in [0, 0.05) is 19.7 Å². The fourth-order valence-corrected chi connectivity index (χ4v) is 1.94. The summed E-state index contributed by atoms with van der Waals surface area (Å²) in [5.41, 5.74) is 0. The molecule has 0 aromatic rings. The molecule has 80 valence electrons. The van der Waals surface area contributed by atoms with Gasteiger partial charge in [0.25, 0.3) is 0 Å². The molecule has 0 aromatic heterocycles. The Kier molecular flexibility index (Phi) is 2.71. The van der Waals surface area contributed by atoms with Crippen LogP contribution in [0.1, 0.15) is 6.42 Å². The molecule has 0 aromatic carbocycles. The maximum absolute atomic E-state index is 11.8. The van der Waals surface area contributed by atoms with Crippen LogP contribution in [0.25, 0.3) is 0 Å². The molecule has 0 spiro atoms. The molecule has 1 unspecified atom stereocenters. The molecular weight excluding hydrogens is 186 g/mol. The van der Waals surface area contributed by atoms with Crippen molar-refractivity contribution in [3.63, 3.8) is 0 Å². The lowest BCUT2D eigenvalue weighted by Crippen LogP contribution is -2.35. The fourth-order valence-electron chi connectivity index (χ4n) is 1.94. The third-order valence-corrected chi connectivity index (χ3v) is 2.85. The lowest BCUT2D eigenvalue weighted by Gasteiger charge is -2.18. The van der Waals surface area contributed by atoms with Crippen molar-refractivity contribution >= 4 is 5.91 Å². The Balaban J connectivity index is 1.92. The summed E-state index contributed by atoms with van der Waals surface area (Å²) in [7, 11) is 0. The first-order valence-electron chi connectivity index (χ1n) is 4.91. The van der Waals surface area contributed by atoms with Crippen LogP contribution in [0.5, 0.6) is 0 Å². The second-order valence-electron chi connectivity index (χ2n) is 3.94. The topological polar surface area (TPSA) is 70.0 Å². The predicted octanol–water partition coefficient (Wildman–Crippen LogP) is -1.41. The second kappa shape index (κ2) is 3.84. The summed E-state index contributed by atoms with van der Waals surface area (Å²) in [5.74, 6) is -0.0781. The fraction of sp³-hybridized carbons (Fsp3) is 0.889. The lowest BCUT2D eigenvalue weighted by molar-refractivity contribution is -0.134. The van der Waals surface area contributed by atoms with Crippen LogP contribution < -0.4 is 0 Å². The van der Waals surface area contributed by atoms with Crippen LogP contribution in [-0.2, 0) is 9.53 Å². The van der Waals surface area contributed by atoms with E-state index in [1.165, 1.54) is 4.90 Å². The molecule has 0 saturated carbocycles. The highest BCUT2D eigenvalue weighted by Gasteiger charge is 2.36. The second-order valence-corrected chi connectivity index (χ2v) is 3.94. The van der Waals surface area contributed by atoms with Crippen LogP contribution >= 0.6 is 0 Å². The number of aliphatic hydroxyl groups excluding tert-OH is 2. The number of amides is 1. The number of hydrogen-bond donors (Lipinski definition) is 2. The standard InChI is InChI=1S/C9H15NO4/c11-7-3-10(4-8(7)12)9(13)6-1-2-14-5-6/h6-8,11-12H,1-5H2/t6?,7-,8+. The van der Waals surface area contributed by atoms with Gasteiger partial charge in [-0.15, -0.1) is 0 Å². The summed E-state index contributed by atoms with van der Waals surface area (Å²) in [6, 6.07) is 0. The molecule has 14 heavy (non-hydrogen) atoms. The van der Waals surface area contributed by atoms with Crippen molar-refractivity contribution in [3.8, 4) is 0 Å². The Hall–Kier alpha value is -0.650. The average Bonchev–Trinajstić information content (AvgIpc) is 2.76. The number of hydrogen-bond acceptors (Lipinski definition) is 4. The van der Waals surface area contributed by atoms with Gasteiger partial charge >= 0.3 is 0 Å². The molecule has 3 atom stereocenters. The summed E-state index contributed by atoms with van der Waals surface area (Å²) in [6.45, 7) is 1.60. The number of rotatable bonds is 1. The number of nitrogens with zero attached hydrogens (tertiary/aromatic N) is 1. The van der Waals surface area contributed by atoms with Gasteiger partial charge in [-0.1, -0.05) is 0 Å². The van der Waals surface area contributed by atoms with Crippen LogP contribution in [-0.4, -0.2) is 59.5 Å². The summed E-state index contributed by atoms with van der Waals surface area (Å²) < 4.78 is 5.12. The van der Waals surface area contributed by atoms with Crippen molar-refractivity contribution in [2.45, 2.75) is 18.6 Å². The molecule has 2 aliphatic heterocycles. The minimum atomic E-state index is -0.790. The summed E-state index contributed by atoms with van der Waals surface area (Å²) in [6.07, 6.45) is -0.829. The monoisotopic (exact) mass is 201 g/mol. The van der Waals surface area contributed by atoms with Crippen molar-refractivity contribution < 1.29 is 19.7 Å². The number of carbonyl (C=O) groups excluding carboxylic acids is 1. The van der Waals surface area contributed by atoms with Gasteiger partial charge in [-0.25, -0.2) is 0 Å². The van der Waals surface area contributed by atoms with Gasteiger partial charge < -0.3 is 19.8 Å². The number of ether oxygens (including phenoxy) is 1. The SMILES string of the molecule is O=C(C1CCOC1)N1C[C@@H](O)[C@@H](O)C1. The van der Waals surface area contributed by atoms with Gasteiger partial charge in [-0.2, -0.15) is 0 Å². The third-order valence-electron chi connectivity index (χ3n) is 2.85. The van der Waals surface area contributed by atoms with E-state index in [0.29, 0.717) is 13.2 Å². The maximum Gasteiger partial charge on any atom is 0.228 e. The van der Waals surface area contributed by atoms with Gasteiger partial charge in [0.1, 0.15) is 0 Å². The highest BCUT2D eigenvalue weighted by molar-refractivity contribution is 5.79. The average molecular weight is 201 g/mol. The molecule has 5 nitrogen and oxygen atoms in total. The van der Waals surface area contributed by atoms with Crippen molar-refractivity contribution in [2.24, 2.45) is 5.92 Å². The van der Waals surface area contributed by atoms with Gasteiger partial charge in [0.15, 0.2) is 0 Å². The highest BCUT2D eigenvalue weighted by Crippen LogP contribution is 2.19. The van der Waals surface area contributed by atoms with Gasteiger partial charge in [-0.3, -0.25) is 4.79 Å². The molecule has 5 heteroatoms. The zero-order valence-electron chi connectivity index (χ0n) is 7.93. The molecule has 2 saturated heterocycles. The van der Waals surface area contributed by atoms with Gasteiger partial charge in [0.2, 0.25) is 5.91 Å². The quantitative estimate of drug-likeness (QED) is 0.546. The smallest absolute Gasteiger partial charge is 0.228 e. The van der Waals surface area contributed by atoms with E-state index in [4.69, 9.17) is 4.74 Å². The first-order valence-corrected chi connectivity index (χ1v) is 4.91. The summed E-state index contributed by atoms with van der Waals surface area (Å²) >= 11 is 0. The molecule has 2 heterocycles. The van der Waals surface area contributed by atoms with Crippen LogP contribution in [0.3, 0.4) is 0 Å². The van der Waals surface area contributed by atoms with Crippen molar-refractivity contribution in [1.82, 2.24) is 4.90 Å². The first kappa shape index (κ1) is 9.89. The lowest BCUT2D eigenvalue weighted by atomic mass is 10.1. The zero-order chi connectivity index (χ0) is 10.1. The molecule has 2 rings (SSSR count). The third kappa shape index (κ3) is 1.75. The minimum absolute atomic E-state index is 0.00176. The Labute approximate surface area is 82.3 Å². The molecule has 0 bridgehead atoms. The highest BCUT2D eigenvalue weighted by atomic mass is 16.5. The Bertz CT molecular complexity index is 217. The van der Waals surface area contributed by atoms with Crippen molar-refractivity contribution in [3.05, 3.63) is 0 Å². The minimum Gasteiger partial charge on any atom is -0.388 e. The van der Waals surface area contributed by atoms with E-state index >= 15 is 0 Å². The largest absolute Gasteiger partial charge is 0.388 e. The summed E-state index contributed by atoms with van der Waals surface area (Å²) in [4.78, 5) is 13.3. The Morgan fingerprint density at radius 3 is 2.43 bits per heavy atom. The van der Waals surface area contributed by atoms with E-state index in [1.54, 1.807) is 0 Å². The van der Waals surface area contributed by atoms with Crippen molar-refractivity contribution in [2.75, 3.05) is 26.3 Å². The van der Waals surface area contributed by atoms with Crippen LogP contribution in [0.15, 0.2) is 0 Å². The van der Waals surface area contributed by atoms with Gasteiger partial charge in [0.05, 0.1) is 24.7 Å². The molecule has 2 N–H and O–H groups in total. The Morgan fingerprint density at radius 2 is 1.93 bits per heavy atom.